The molecule has 10 nitrogen and oxygen atoms in total. The van der Waals surface area contributed by atoms with Crippen molar-refractivity contribution in [1.29, 1.82) is 0 Å². The van der Waals surface area contributed by atoms with E-state index < -0.39 is 10.0 Å². The summed E-state index contributed by atoms with van der Waals surface area (Å²) in [7, 11) is -3.80. The second-order valence-corrected chi connectivity index (χ2v) is 11.8. The third-order valence-electron chi connectivity index (χ3n) is 7.45. The molecule has 3 aromatic rings. The van der Waals surface area contributed by atoms with Gasteiger partial charge in [0.2, 0.25) is 16.0 Å². The first-order chi connectivity index (χ1) is 17.3. The molecule has 2 aliphatic rings. The van der Waals surface area contributed by atoms with E-state index >= 15 is 0 Å². The largest absolute Gasteiger partial charge is 0.368 e. The van der Waals surface area contributed by atoms with Gasteiger partial charge in [0.15, 0.2) is 17.0 Å². The van der Waals surface area contributed by atoms with E-state index in [2.05, 4.69) is 20.2 Å². The molecule has 0 unspecified atom stereocenters. The van der Waals surface area contributed by atoms with Gasteiger partial charge in [-0.2, -0.15) is 9.97 Å². The molecule has 0 bridgehead atoms. The predicted octanol–water partition coefficient (Wildman–Crippen LogP) is 3.23. The molecular formula is C25H36N8O2S. The van der Waals surface area contributed by atoms with Crippen LogP contribution < -0.4 is 21.5 Å². The Bertz CT molecular complexity index is 1330. The molecular weight excluding hydrogens is 476 g/mol. The van der Waals surface area contributed by atoms with Crippen LogP contribution in [0.2, 0.25) is 0 Å². The quantitative estimate of drug-likeness (QED) is 0.359. The molecule has 0 aliphatic heterocycles. The molecule has 2 aliphatic carbocycles. The summed E-state index contributed by atoms with van der Waals surface area (Å²) in [5.74, 6) is 1.24. The van der Waals surface area contributed by atoms with Crippen LogP contribution >= 0.6 is 0 Å². The van der Waals surface area contributed by atoms with E-state index in [0.717, 1.165) is 55.3 Å². The van der Waals surface area contributed by atoms with Gasteiger partial charge in [-0.1, -0.05) is 30.5 Å². The Labute approximate surface area is 212 Å². The Balaban J connectivity index is 1.41. The lowest BCUT2D eigenvalue weighted by atomic mass is 9.92. The summed E-state index contributed by atoms with van der Waals surface area (Å²) < 4.78 is 26.3. The third-order valence-corrected chi connectivity index (χ3v) is 8.47. The fraction of sp³-hybridized carbons (Fsp3) is 0.560. The predicted molar refractivity (Wildman–Crippen MR) is 141 cm³/mol. The maximum Gasteiger partial charge on any atom is 0.238 e. The number of aryl methyl sites for hydroxylation is 1. The van der Waals surface area contributed by atoms with Crippen molar-refractivity contribution in [2.45, 2.75) is 87.7 Å². The minimum Gasteiger partial charge on any atom is -0.368 e. The van der Waals surface area contributed by atoms with Gasteiger partial charge < -0.3 is 20.9 Å². The molecule has 2 saturated carbocycles. The number of anilines is 2. The monoisotopic (exact) mass is 512 g/mol. The van der Waals surface area contributed by atoms with E-state index in [1.54, 1.807) is 12.1 Å². The van der Waals surface area contributed by atoms with Crippen molar-refractivity contribution in [1.82, 2.24) is 19.5 Å². The van der Waals surface area contributed by atoms with Crippen LogP contribution in [0.3, 0.4) is 0 Å². The van der Waals surface area contributed by atoms with Gasteiger partial charge in [-0.3, -0.25) is 0 Å². The molecule has 0 radical (unpaired) electrons. The van der Waals surface area contributed by atoms with E-state index in [0.29, 0.717) is 42.4 Å². The van der Waals surface area contributed by atoms with Crippen LogP contribution in [-0.4, -0.2) is 46.6 Å². The fourth-order valence-electron chi connectivity index (χ4n) is 5.50. The van der Waals surface area contributed by atoms with E-state index in [4.69, 9.17) is 20.8 Å². The van der Waals surface area contributed by atoms with Crippen LogP contribution in [-0.2, 0) is 16.4 Å². The topological polar surface area (TPSA) is 154 Å². The number of nitrogens with zero attached hydrogens (tertiary/aromatic N) is 4. The summed E-state index contributed by atoms with van der Waals surface area (Å²) in [6.45, 7) is 2.41. The highest BCUT2D eigenvalue weighted by molar-refractivity contribution is 7.89. The van der Waals surface area contributed by atoms with Gasteiger partial charge in [-0.05, 0) is 63.5 Å². The first-order valence-electron chi connectivity index (χ1n) is 12.9. The first-order valence-corrected chi connectivity index (χ1v) is 14.5. The molecule has 0 spiro atoms. The Hall–Kier alpha value is -2.76. The van der Waals surface area contributed by atoms with Crippen molar-refractivity contribution in [2.24, 2.45) is 10.9 Å². The lowest BCUT2D eigenvalue weighted by Gasteiger charge is -2.27. The fourth-order valence-corrected chi connectivity index (χ4v) is 6.28. The normalized spacial score (nSPS) is 21.2. The van der Waals surface area contributed by atoms with Crippen molar-refractivity contribution in [2.75, 3.05) is 17.2 Å². The number of hydrogen-bond acceptors (Lipinski definition) is 8. The summed E-state index contributed by atoms with van der Waals surface area (Å²) in [5, 5.41) is 12.4. The zero-order chi connectivity index (χ0) is 25.3. The molecule has 6 N–H and O–H groups in total. The van der Waals surface area contributed by atoms with Crippen LogP contribution in [0.15, 0.2) is 29.4 Å². The number of aromatic nitrogens is 4. The Kier molecular flexibility index (Phi) is 7.14. The maximum absolute atomic E-state index is 12.1. The second-order valence-electron chi connectivity index (χ2n) is 10.2. The van der Waals surface area contributed by atoms with Gasteiger partial charge in [-0.25, -0.2) is 18.5 Å². The standard InChI is InChI=1S/C25H36N8O2S/c1-16-6-11-21(36(27,34)35)17(14-16)12-13-28-23-22-24(33(15-29-22)20-4-2-3-5-20)32-25(31-23)30-19-9-7-18(26)8-10-19/h6,11,14-15,18-20H,2-5,7-10,12-13,26H2,1H3,(H2,27,34,35)(H2,28,30,31,32). The van der Waals surface area contributed by atoms with Gasteiger partial charge in [0.1, 0.15) is 0 Å². The highest BCUT2D eigenvalue weighted by Crippen LogP contribution is 2.33. The Morgan fingerprint density at radius 1 is 1.08 bits per heavy atom. The Morgan fingerprint density at radius 3 is 2.56 bits per heavy atom. The molecule has 0 atom stereocenters. The molecule has 2 heterocycles. The van der Waals surface area contributed by atoms with Crippen LogP contribution in [0.4, 0.5) is 11.8 Å². The van der Waals surface area contributed by atoms with Crippen molar-refractivity contribution < 1.29 is 8.42 Å². The average molecular weight is 513 g/mol. The van der Waals surface area contributed by atoms with E-state index in [-0.39, 0.29) is 10.9 Å². The van der Waals surface area contributed by atoms with Crippen molar-refractivity contribution in [3.63, 3.8) is 0 Å². The van der Waals surface area contributed by atoms with Gasteiger partial charge in [0.05, 0.1) is 11.2 Å². The molecule has 5 rings (SSSR count). The number of imidazole rings is 1. The SMILES string of the molecule is Cc1ccc(S(N)(=O)=O)c(CCNc2nc(NC3CCC(N)CC3)nc3c2ncn3C2CCCC2)c1. The zero-order valence-electron chi connectivity index (χ0n) is 20.8. The van der Waals surface area contributed by atoms with Crippen molar-refractivity contribution >= 4 is 33.0 Å². The lowest BCUT2D eigenvalue weighted by Crippen LogP contribution is -2.33. The minimum atomic E-state index is -3.80. The van der Waals surface area contributed by atoms with Crippen LogP contribution in [0.1, 0.15) is 68.5 Å². The van der Waals surface area contributed by atoms with E-state index in [1.165, 1.54) is 12.8 Å². The maximum atomic E-state index is 12.1. The molecule has 194 valence electrons. The lowest BCUT2D eigenvalue weighted by molar-refractivity contribution is 0.410. The van der Waals surface area contributed by atoms with Crippen molar-refractivity contribution in [3.8, 4) is 0 Å². The first kappa shape index (κ1) is 24.9. The highest BCUT2D eigenvalue weighted by atomic mass is 32.2. The minimum absolute atomic E-state index is 0.158. The zero-order valence-corrected chi connectivity index (χ0v) is 21.6. The van der Waals surface area contributed by atoms with E-state index in [1.807, 2.05) is 19.3 Å². The average Bonchev–Trinajstić information content (AvgIpc) is 3.50. The summed E-state index contributed by atoms with van der Waals surface area (Å²) in [5.41, 5.74) is 9.31. The summed E-state index contributed by atoms with van der Waals surface area (Å²) in [4.78, 5) is 14.5. The van der Waals surface area contributed by atoms with Crippen LogP contribution in [0.25, 0.3) is 11.2 Å². The smallest absolute Gasteiger partial charge is 0.238 e. The van der Waals surface area contributed by atoms with Crippen LogP contribution in [0, 0.1) is 6.92 Å². The molecule has 0 saturated heterocycles. The number of fused-ring (bicyclic) bond motifs is 1. The molecule has 2 aromatic heterocycles. The number of nitrogens with two attached hydrogens (primary N) is 2. The molecule has 36 heavy (non-hydrogen) atoms. The number of rotatable bonds is 8. The van der Waals surface area contributed by atoms with Gasteiger partial charge in [0, 0.05) is 24.7 Å². The summed E-state index contributed by atoms with van der Waals surface area (Å²) in [6.07, 6.45) is 11.0. The van der Waals surface area contributed by atoms with Gasteiger partial charge in [-0.15, -0.1) is 0 Å². The summed E-state index contributed by atoms with van der Waals surface area (Å²) >= 11 is 0. The number of primary sulfonamides is 1. The van der Waals surface area contributed by atoms with Crippen LogP contribution in [0.5, 0.6) is 0 Å². The highest BCUT2D eigenvalue weighted by Gasteiger charge is 2.24. The summed E-state index contributed by atoms with van der Waals surface area (Å²) in [6, 6.07) is 6.18. The van der Waals surface area contributed by atoms with Gasteiger partial charge >= 0.3 is 0 Å². The second kappa shape index (κ2) is 10.3. The molecule has 2 fully saturated rings. The van der Waals surface area contributed by atoms with E-state index in [9.17, 15) is 8.42 Å². The van der Waals surface area contributed by atoms with Crippen molar-refractivity contribution in [3.05, 3.63) is 35.7 Å². The van der Waals surface area contributed by atoms with Gasteiger partial charge in [0.25, 0.3) is 0 Å². The third kappa shape index (κ3) is 5.47. The number of benzene rings is 1. The molecule has 0 amide bonds. The number of sulfonamides is 1. The molecule has 11 heteroatoms. The number of nitrogens with one attached hydrogen (secondary N) is 2. The number of hydrogen-bond donors (Lipinski definition) is 4. The Morgan fingerprint density at radius 2 is 1.83 bits per heavy atom. The molecule has 1 aromatic carbocycles.